The Hall–Kier alpha value is -2.29. The summed E-state index contributed by atoms with van der Waals surface area (Å²) in [6.45, 7) is 0.690. The van der Waals surface area contributed by atoms with Crippen LogP contribution in [0.2, 0.25) is 0 Å². The first-order valence-electron chi connectivity index (χ1n) is 6.93. The molecule has 1 aliphatic rings. The molecule has 3 heteroatoms. The van der Waals surface area contributed by atoms with E-state index in [2.05, 4.69) is 17.4 Å². The summed E-state index contributed by atoms with van der Waals surface area (Å²) < 4.78 is 0. The van der Waals surface area contributed by atoms with Crippen molar-refractivity contribution in [3.05, 3.63) is 59.7 Å². The lowest BCUT2D eigenvalue weighted by Crippen LogP contribution is -2.08. The molecule has 3 nitrogen and oxygen atoms in total. The van der Waals surface area contributed by atoms with Gasteiger partial charge in [0, 0.05) is 35.5 Å². The quantitative estimate of drug-likeness (QED) is 0.721. The average molecular weight is 266 g/mol. The van der Waals surface area contributed by atoms with E-state index in [1.165, 1.54) is 5.56 Å². The Bertz CT molecular complexity index is 618. The lowest BCUT2D eigenvalue weighted by molar-refractivity contribution is 0.475. The maximum absolute atomic E-state index is 9.66. The van der Waals surface area contributed by atoms with Crippen molar-refractivity contribution in [2.75, 3.05) is 5.32 Å². The molecule has 3 rings (SSSR count). The van der Waals surface area contributed by atoms with Crippen LogP contribution in [0.1, 0.15) is 24.0 Å². The molecule has 0 aliphatic heterocycles. The zero-order chi connectivity index (χ0) is 13.9. The van der Waals surface area contributed by atoms with Gasteiger partial charge in [0.1, 0.15) is 5.75 Å². The monoisotopic (exact) mass is 266 g/mol. The molecule has 0 amide bonds. The molecule has 0 saturated heterocycles. The molecule has 0 aromatic heterocycles. The molecule has 1 aliphatic carbocycles. The number of aromatic hydroxyl groups is 1. The fourth-order valence-corrected chi connectivity index (χ4v) is 2.30. The van der Waals surface area contributed by atoms with Crippen LogP contribution in [0.5, 0.6) is 5.75 Å². The Labute approximate surface area is 118 Å². The number of benzene rings is 2. The average Bonchev–Trinajstić information content (AvgIpc) is 3.30. The smallest absolute Gasteiger partial charge is 0.117 e. The van der Waals surface area contributed by atoms with Crippen LogP contribution in [0.15, 0.2) is 48.5 Å². The van der Waals surface area contributed by atoms with Crippen molar-refractivity contribution in [3.8, 4) is 5.75 Å². The van der Waals surface area contributed by atoms with Crippen molar-refractivity contribution in [1.82, 2.24) is 0 Å². The van der Waals surface area contributed by atoms with Gasteiger partial charge in [0.25, 0.3) is 0 Å². The van der Waals surface area contributed by atoms with Crippen molar-refractivity contribution in [1.29, 1.82) is 5.41 Å². The van der Waals surface area contributed by atoms with E-state index in [0.717, 1.165) is 24.1 Å². The number of hydrogen-bond donors (Lipinski definition) is 3. The van der Waals surface area contributed by atoms with E-state index in [9.17, 15) is 5.11 Å². The third kappa shape index (κ3) is 2.82. The molecule has 0 atom stereocenters. The fraction of sp³-hybridized carbons (Fsp3) is 0.235. The third-order valence-corrected chi connectivity index (χ3v) is 3.60. The second-order valence-electron chi connectivity index (χ2n) is 5.26. The van der Waals surface area contributed by atoms with Crippen LogP contribution in [0.4, 0.5) is 5.69 Å². The van der Waals surface area contributed by atoms with E-state index < -0.39 is 0 Å². The van der Waals surface area contributed by atoms with Crippen molar-refractivity contribution >= 4 is 11.4 Å². The molecule has 3 N–H and O–H groups in total. The number of rotatable bonds is 5. The minimum Gasteiger partial charge on any atom is -0.508 e. The second-order valence-corrected chi connectivity index (χ2v) is 5.26. The summed E-state index contributed by atoms with van der Waals surface area (Å²) in [7, 11) is 0. The van der Waals surface area contributed by atoms with Crippen LogP contribution in [-0.2, 0) is 6.54 Å². The summed E-state index contributed by atoms with van der Waals surface area (Å²) in [6.07, 6.45) is 2.22. The Morgan fingerprint density at radius 3 is 2.60 bits per heavy atom. The van der Waals surface area contributed by atoms with Crippen LogP contribution in [-0.4, -0.2) is 10.8 Å². The largest absolute Gasteiger partial charge is 0.508 e. The van der Waals surface area contributed by atoms with Crippen molar-refractivity contribution in [2.45, 2.75) is 19.4 Å². The first-order valence-corrected chi connectivity index (χ1v) is 6.93. The molecular formula is C17H18N2O. The summed E-state index contributed by atoms with van der Waals surface area (Å²) in [5.41, 5.74) is 3.60. The van der Waals surface area contributed by atoms with Crippen molar-refractivity contribution < 1.29 is 5.11 Å². The van der Waals surface area contributed by atoms with Crippen LogP contribution >= 0.6 is 0 Å². The van der Waals surface area contributed by atoms with Gasteiger partial charge in [-0.05, 0) is 30.5 Å². The Balaban J connectivity index is 1.80. The number of phenolic OH excluding ortho intramolecular Hbond substituents is 1. The van der Waals surface area contributed by atoms with Gasteiger partial charge in [0.05, 0.1) is 0 Å². The van der Waals surface area contributed by atoms with Crippen molar-refractivity contribution in [3.63, 3.8) is 0 Å². The minimum absolute atomic E-state index is 0.230. The Morgan fingerprint density at radius 2 is 1.90 bits per heavy atom. The van der Waals surface area contributed by atoms with E-state index in [0.29, 0.717) is 18.2 Å². The molecule has 0 bridgehead atoms. The normalized spacial score (nSPS) is 14.0. The van der Waals surface area contributed by atoms with Gasteiger partial charge in [-0.2, -0.15) is 0 Å². The lowest BCUT2D eigenvalue weighted by Gasteiger charge is -2.13. The number of nitrogens with one attached hydrogen (secondary N) is 2. The fourth-order valence-electron chi connectivity index (χ4n) is 2.30. The molecule has 2 aromatic rings. The third-order valence-electron chi connectivity index (χ3n) is 3.60. The topological polar surface area (TPSA) is 56.1 Å². The van der Waals surface area contributed by atoms with Gasteiger partial charge < -0.3 is 15.8 Å². The van der Waals surface area contributed by atoms with Gasteiger partial charge in [-0.1, -0.05) is 30.3 Å². The molecule has 0 heterocycles. The predicted octanol–water partition coefficient (Wildman–Crippen LogP) is 3.78. The highest BCUT2D eigenvalue weighted by Gasteiger charge is 2.28. The predicted molar refractivity (Wildman–Crippen MR) is 81.4 cm³/mol. The Kier molecular flexibility index (Phi) is 3.42. The molecule has 0 unspecified atom stereocenters. The van der Waals surface area contributed by atoms with Gasteiger partial charge in [0.2, 0.25) is 0 Å². The van der Waals surface area contributed by atoms with E-state index in [4.69, 9.17) is 5.41 Å². The number of phenols is 1. The first-order chi connectivity index (χ1) is 9.74. The van der Waals surface area contributed by atoms with Crippen molar-refractivity contribution in [2.24, 2.45) is 5.92 Å². The molecule has 1 saturated carbocycles. The number of anilines is 1. The highest BCUT2D eigenvalue weighted by atomic mass is 16.3. The van der Waals surface area contributed by atoms with E-state index in [1.807, 2.05) is 24.3 Å². The van der Waals surface area contributed by atoms with Crippen LogP contribution in [0.3, 0.4) is 0 Å². The summed E-state index contributed by atoms with van der Waals surface area (Å²) in [6, 6.07) is 15.3. The van der Waals surface area contributed by atoms with Gasteiger partial charge in [-0.15, -0.1) is 0 Å². The number of hydrogen-bond acceptors (Lipinski definition) is 3. The minimum atomic E-state index is 0.230. The van der Waals surface area contributed by atoms with Gasteiger partial charge in [-0.3, -0.25) is 0 Å². The van der Waals surface area contributed by atoms with Gasteiger partial charge >= 0.3 is 0 Å². The maximum Gasteiger partial charge on any atom is 0.117 e. The molecule has 2 aromatic carbocycles. The first kappa shape index (κ1) is 12.7. The highest BCUT2D eigenvalue weighted by Crippen LogP contribution is 2.35. The van der Waals surface area contributed by atoms with Crippen LogP contribution in [0, 0.1) is 11.3 Å². The van der Waals surface area contributed by atoms with Gasteiger partial charge in [-0.25, -0.2) is 0 Å². The van der Waals surface area contributed by atoms with Crippen LogP contribution < -0.4 is 5.32 Å². The molecular weight excluding hydrogens is 248 g/mol. The summed E-state index contributed by atoms with van der Waals surface area (Å²) >= 11 is 0. The SMILES string of the molecule is N=C(c1ccc(O)cc1NCc1ccccc1)C1CC1. The van der Waals surface area contributed by atoms with Gasteiger partial charge in [0.15, 0.2) is 0 Å². The zero-order valence-corrected chi connectivity index (χ0v) is 11.3. The van der Waals surface area contributed by atoms with E-state index >= 15 is 0 Å². The summed E-state index contributed by atoms with van der Waals surface area (Å²) in [4.78, 5) is 0. The summed E-state index contributed by atoms with van der Waals surface area (Å²) in [5.74, 6) is 0.629. The molecule has 20 heavy (non-hydrogen) atoms. The van der Waals surface area contributed by atoms with Crippen LogP contribution in [0.25, 0.3) is 0 Å². The molecule has 102 valence electrons. The molecule has 1 fully saturated rings. The highest BCUT2D eigenvalue weighted by molar-refractivity contribution is 6.05. The molecule has 0 spiro atoms. The summed E-state index contributed by atoms with van der Waals surface area (Å²) in [5, 5.41) is 21.2. The zero-order valence-electron chi connectivity index (χ0n) is 11.3. The standard InChI is InChI=1S/C17H18N2O/c18-17(13-6-7-13)15-9-8-14(20)10-16(15)19-11-12-4-2-1-3-5-12/h1-5,8-10,13,18-20H,6-7,11H2. The second kappa shape index (κ2) is 5.37. The maximum atomic E-state index is 9.66. The Morgan fingerprint density at radius 1 is 1.15 bits per heavy atom. The molecule has 0 radical (unpaired) electrons. The lowest BCUT2D eigenvalue weighted by atomic mass is 10.0. The van der Waals surface area contributed by atoms with E-state index in [-0.39, 0.29) is 5.75 Å². The van der Waals surface area contributed by atoms with E-state index in [1.54, 1.807) is 12.1 Å².